The van der Waals surface area contributed by atoms with Gasteiger partial charge in [-0.15, -0.1) is 0 Å². The molecule has 4 nitrogen and oxygen atoms in total. The van der Waals surface area contributed by atoms with E-state index in [9.17, 15) is 0 Å². The summed E-state index contributed by atoms with van der Waals surface area (Å²) in [6.45, 7) is 7.04. The van der Waals surface area contributed by atoms with Crippen LogP contribution < -0.4 is 11.1 Å². The molecule has 0 heterocycles. The molecule has 1 aromatic rings. The van der Waals surface area contributed by atoms with E-state index in [-0.39, 0.29) is 5.41 Å². The van der Waals surface area contributed by atoms with Gasteiger partial charge in [-0.1, -0.05) is 12.5 Å². The molecule has 1 spiro atoms. The van der Waals surface area contributed by atoms with Crippen molar-refractivity contribution in [2.75, 3.05) is 11.9 Å². The van der Waals surface area contributed by atoms with Gasteiger partial charge in [0.1, 0.15) is 0 Å². The molecule has 4 heteroatoms. The number of nitrogens with one attached hydrogen (secondary N) is 1. The van der Waals surface area contributed by atoms with Crippen LogP contribution in [-0.2, 0) is 4.74 Å². The molecule has 2 aliphatic rings. The maximum atomic E-state index is 6.13. The Kier molecular flexibility index (Phi) is 4.13. The third kappa shape index (κ3) is 2.72. The molecular weight excluding hydrogens is 274 g/mol. The first kappa shape index (κ1) is 15.3. The molecule has 120 valence electrons. The van der Waals surface area contributed by atoms with Crippen LogP contribution in [-0.4, -0.2) is 24.7 Å². The number of hydrogen-bond acceptors (Lipinski definition) is 2. The zero-order valence-corrected chi connectivity index (χ0v) is 13.9. The summed E-state index contributed by atoms with van der Waals surface area (Å²) in [4.78, 5) is 4.75. The van der Waals surface area contributed by atoms with Gasteiger partial charge in [0.25, 0.3) is 0 Å². The first-order chi connectivity index (χ1) is 10.5. The quantitative estimate of drug-likeness (QED) is 0.662. The number of guanidine groups is 1. The molecule has 3 rings (SSSR count). The summed E-state index contributed by atoms with van der Waals surface area (Å²) >= 11 is 0. The van der Waals surface area contributed by atoms with Crippen molar-refractivity contribution in [2.24, 2.45) is 16.1 Å². The number of benzene rings is 1. The molecule has 0 radical (unpaired) electrons. The Hall–Kier alpha value is -1.55. The van der Waals surface area contributed by atoms with Gasteiger partial charge in [0.05, 0.1) is 12.1 Å². The standard InChI is InChI=1S/C18H27N3O/c1-4-22-16-11-15(18(16)6-5-7-18)21-17(19)20-14-9-12(2)8-13(3)10-14/h8-10,15-16H,4-7,11H2,1-3H3,(H3,19,20,21). The van der Waals surface area contributed by atoms with Gasteiger partial charge in [0.2, 0.25) is 0 Å². The van der Waals surface area contributed by atoms with Gasteiger partial charge < -0.3 is 15.8 Å². The van der Waals surface area contributed by atoms with E-state index in [1.165, 1.54) is 30.4 Å². The molecule has 0 aromatic heterocycles. The monoisotopic (exact) mass is 301 g/mol. The molecule has 0 aliphatic heterocycles. The highest BCUT2D eigenvalue weighted by molar-refractivity contribution is 5.92. The minimum Gasteiger partial charge on any atom is -0.378 e. The lowest BCUT2D eigenvalue weighted by Crippen LogP contribution is -2.61. The van der Waals surface area contributed by atoms with Crippen LogP contribution in [0, 0.1) is 19.3 Å². The van der Waals surface area contributed by atoms with Crippen LogP contribution in [0.15, 0.2) is 23.2 Å². The van der Waals surface area contributed by atoms with Gasteiger partial charge in [0.15, 0.2) is 5.96 Å². The SMILES string of the molecule is CCOC1CC(N=C(N)Nc2cc(C)cc(C)c2)C12CCC2. The second kappa shape index (κ2) is 5.92. The van der Waals surface area contributed by atoms with Gasteiger partial charge in [-0.3, -0.25) is 0 Å². The molecule has 0 saturated heterocycles. The Morgan fingerprint density at radius 2 is 2.00 bits per heavy atom. The molecule has 0 bridgehead atoms. The van der Waals surface area contributed by atoms with E-state index in [1.54, 1.807) is 0 Å². The summed E-state index contributed by atoms with van der Waals surface area (Å²) in [7, 11) is 0. The largest absolute Gasteiger partial charge is 0.378 e. The minimum atomic E-state index is 0.269. The van der Waals surface area contributed by atoms with Crippen molar-refractivity contribution in [3.63, 3.8) is 0 Å². The topological polar surface area (TPSA) is 59.6 Å². The van der Waals surface area contributed by atoms with Crippen LogP contribution in [0.3, 0.4) is 0 Å². The summed E-state index contributed by atoms with van der Waals surface area (Å²) in [5, 5.41) is 3.24. The second-order valence-electron chi connectivity index (χ2n) is 6.80. The zero-order chi connectivity index (χ0) is 15.7. The third-order valence-corrected chi connectivity index (χ3v) is 5.18. The Labute approximate surface area is 133 Å². The van der Waals surface area contributed by atoms with Crippen molar-refractivity contribution in [1.82, 2.24) is 0 Å². The molecule has 22 heavy (non-hydrogen) atoms. The fraction of sp³-hybridized carbons (Fsp3) is 0.611. The highest BCUT2D eigenvalue weighted by atomic mass is 16.5. The molecule has 2 unspecified atom stereocenters. The summed E-state index contributed by atoms with van der Waals surface area (Å²) in [6, 6.07) is 6.66. The third-order valence-electron chi connectivity index (χ3n) is 5.18. The van der Waals surface area contributed by atoms with Crippen LogP contribution in [0.1, 0.15) is 43.7 Å². The Morgan fingerprint density at radius 3 is 2.55 bits per heavy atom. The van der Waals surface area contributed by atoms with Crippen molar-refractivity contribution in [3.05, 3.63) is 29.3 Å². The van der Waals surface area contributed by atoms with Crippen LogP contribution in [0.4, 0.5) is 5.69 Å². The van der Waals surface area contributed by atoms with E-state index in [0.717, 1.165) is 18.7 Å². The molecule has 1 aromatic carbocycles. The Balaban J connectivity index is 1.67. The lowest BCUT2D eigenvalue weighted by atomic mass is 9.51. The van der Waals surface area contributed by atoms with Crippen molar-refractivity contribution in [3.8, 4) is 0 Å². The smallest absolute Gasteiger partial charge is 0.193 e. The normalized spacial score (nSPS) is 26.4. The van der Waals surface area contributed by atoms with Crippen LogP contribution in [0.5, 0.6) is 0 Å². The van der Waals surface area contributed by atoms with E-state index in [0.29, 0.717) is 18.1 Å². The molecular formula is C18H27N3O. The number of rotatable bonds is 4. The maximum absolute atomic E-state index is 6.13. The highest BCUT2D eigenvalue weighted by Crippen LogP contribution is 2.58. The van der Waals surface area contributed by atoms with Crippen molar-refractivity contribution < 1.29 is 4.74 Å². The van der Waals surface area contributed by atoms with Crippen LogP contribution in [0.2, 0.25) is 0 Å². The summed E-state index contributed by atoms with van der Waals surface area (Å²) in [5.74, 6) is 0.524. The van der Waals surface area contributed by atoms with Gasteiger partial charge >= 0.3 is 0 Å². The summed E-state index contributed by atoms with van der Waals surface area (Å²) in [6.07, 6.45) is 5.13. The molecule has 2 fully saturated rings. The van der Waals surface area contributed by atoms with Crippen LogP contribution in [0.25, 0.3) is 0 Å². The first-order valence-corrected chi connectivity index (χ1v) is 8.33. The number of aliphatic imine (C=N–C) groups is 1. The van der Waals surface area contributed by atoms with Gasteiger partial charge in [-0.25, -0.2) is 4.99 Å². The number of ether oxygens (including phenoxy) is 1. The molecule has 2 atom stereocenters. The summed E-state index contributed by atoms with van der Waals surface area (Å²) in [5.41, 5.74) is 9.87. The average Bonchev–Trinajstić information content (AvgIpc) is 2.33. The lowest BCUT2D eigenvalue weighted by Gasteiger charge is -2.59. The zero-order valence-electron chi connectivity index (χ0n) is 13.9. The molecule has 2 saturated carbocycles. The van der Waals surface area contributed by atoms with E-state index >= 15 is 0 Å². The van der Waals surface area contributed by atoms with Gasteiger partial charge in [0, 0.05) is 17.7 Å². The van der Waals surface area contributed by atoms with Crippen LogP contribution >= 0.6 is 0 Å². The minimum absolute atomic E-state index is 0.269. The predicted octanol–water partition coefficient (Wildman–Crippen LogP) is 3.38. The highest BCUT2D eigenvalue weighted by Gasteiger charge is 2.59. The van der Waals surface area contributed by atoms with Crippen molar-refractivity contribution >= 4 is 11.6 Å². The van der Waals surface area contributed by atoms with E-state index in [2.05, 4.69) is 44.3 Å². The van der Waals surface area contributed by atoms with Gasteiger partial charge in [-0.05, 0) is 63.3 Å². The number of nitrogens with zero attached hydrogens (tertiary/aromatic N) is 1. The molecule has 3 N–H and O–H groups in total. The molecule has 2 aliphatic carbocycles. The number of aryl methyl sites for hydroxylation is 2. The van der Waals surface area contributed by atoms with Gasteiger partial charge in [-0.2, -0.15) is 0 Å². The van der Waals surface area contributed by atoms with E-state index in [1.807, 2.05) is 0 Å². The lowest BCUT2D eigenvalue weighted by molar-refractivity contribution is -0.162. The van der Waals surface area contributed by atoms with Crippen molar-refractivity contribution in [2.45, 2.75) is 58.6 Å². The predicted molar refractivity (Wildman–Crippen MR) is 91.3 cm³/mol. The average molecular weight is 301 g/mol. The fourth-order valence-corrected chi connectivity index (χ4v) is 3.98. The fourth-order valence-electron chi connectivity index (χ4n) is 3.98. The Morgan fingerprint density at radius 1 is 1.32 bits per heavy atom. The Bertz CT molecular complexity index is 557. The van der Waals surface area contributed by atoms with E-state index in [4.69, 9.17) is 15.5 Å². The first-order valence-electron chi connectivity index (χ1n) is 8.33. The number of nitrogens with two attached hydrogens (primary N) is 1. The molecule has 0 amide bonds. The maximum Gasteiger partial charge on any atom is 0.193 e. The number of hydrogen-bond donors (Lipinski definition) is 2. The van der Waals surface area contributed by atoms with Crippen molar-refractivity contribution in [1.29, 1.82) is 0 Å². The summed E-state index contributed by atoms with van der Waals surface area (Å²) < 4.78 is 5.87. The van der Waals surface area contributed by atoms with E-state index < -0.39 is 0 Å². The number of anilines is 1. The second-order valence-corrected chi connectivity index (χ2v) is 6.80.